The Kier molecular flexibility index (Phi) is 4.44. The van der Waals surface area contributed by atoms with Crippen molar-refractivity contribution in [2.24, 2.45) is 0 Å². The average molecular weight is 306 g/mol. The Labute approximate surface area is 125 Å². The minimum Gasteiger partial charge on any atom is -0.508 e. The molecule has 1 heterocycles. The van der Waals surface area contributed by atoms with Crippen molar-refractivity contribution in [1.29, 1.82) is 0 Å². The SMILES string of the molecule is CN(C(=O)NC(C(=O)O)c1cccs1)c1ccc(O)cc1. The lowest BCUT2D eigenvalue weighted by molar-refractivity contribution is -0.139. The molecule has 0 aliphatic rings. The summed E-state index contributed by atoms with van der Waals surface area (Å²) in [6.07, 6.45) is 0. The van der Waals surface area contributed by atoms with E-state index in [0.29, 0.717) is 10.6 Å². The Bertz CT molecular complexity index is 625. The average Bonchev–Trinajstić information content (AvgIpc) is 2.98. The van der Waals surface area contributed by atoms with Gasteiger partial charge in [-0.05, 0) is 35.7 Å². The molecule has 21 heavy (non-hydrogen) atoms. The molecule has 2 rings (SSSR count). The number of carbonyl (C=O) groups excluding carboxylic acids is 1. The minimum absolute atomic E-state index is 0.0922. The zero-order valence-corrected chi connectivity index (χ0v) is 12.0. The number of nitrogens with one attached hydrogen (secondary N) is 1. The number of amides is 2. The van der Waals surface area contributed by atoms with Crippen LogP contribution in [-0.2, 0) is 4.79 Å². The summed E-state index contributed by atoms with van der Waals surface area (Å²) in [4.78, 5) is 25.2. The number of nitrogens with zero attached hydrogens (tertiary/aromatic N) is 1. The van der Waals surface area contributed by atoms with E-state index < -0.39 is 18.0 Å². The smallest absolute Gasteiger partial charge is 0.331 e. The van der Waals surface area contributed by atoms with Crippen LogP contribution < -0.4 is 10.2 Å². The molecule has 1 unspecified atom stereocenters. The first-order valence-electron chi connectivity index (χ1n) is 6.08. The number of carboxylic acids is 1. The summed E-state index contributed by atoms with van der Waals surface area (Å²) >= 11 is 1.26. The van der Waals surface area contributed by atoms with Crippen molar-refractivity contribution >= 4 is 29.0 Å². The van der Waals surface area contributed by atoms with E-state index in [1.807, 2.05) is 0 Å². The van der Waals surface area contributed by atoms with Crippen LogP contribution in [0.5, 0.6) is 5.75 Å². The molecule has 2 aromatic rings. The molecule has 0 aliphatic carbocycles. The quantitative estimate of drug-likeness (QED) is 0.809. The molecule has 0 saturated heterocycles. The van der Waals surface area contributed by atoms with Crippen LogP contribution in [0, 0.1) is 0 Å². The van der Waals surface area contributed by atoms with E-state index in [9.17, 15) is 19.8 Å². The van der Waals surface area contributed by atoms with Gasteiger partial charge in [0.25, 0.3) is 0 Å². The molecule has 1 aromatic heterocycles. The molecule has 3 N–H and O–H groups in total. The Morgan fingerprint density at radius 3 is 2.43 bits per heavy atom. The Balaban J connectivity index is 2.12. The van der Waals surface area contributed by atoms with E-state index in [-0.39, 0.29) is 5.75 Å². The van der Waals surface area contributed by atoms with Crippen molar-refractivity contribution in [3.63, 3.8) is 0 Å². The number of aliphatic carboxylic acids is 1. The van der Waals surface area contributed by atoms with E-state index in [2.05, 4.69) is 5.32 Å². The number of hydrogen-bond donors (Lipinski definition) is 3. The van der Waals surface area contributed by atoms with E-state index in [4.69, 9.17) is 0 Å². The molecule has 1 aromatic carbocycles. The third-order valence-electron chi connectivity index (χ3n) is 2.88. The summed E-state index contributed by atoms with van der Waals surface area (Å²) in [6, 6.07) is 7.79. The van der Waals surface area contributed by atoms with Gasteiger partial charge in [0.05, 0.1) is 0 Å². The van der Waals surface area contributed by atoms with Gasteiger partial charge in [-0.3, -0.25) is 4.90 Å². The van der Waals surface area contributed by atoms with Crippen molar-refractivity contribution < 1.29 is 19.8 Å². The molecular weight excluding hydrogens is 292 g/mol. The summed E-state index contributed by atoms with van der Waals surface area (Å²) in [5.74, 6) is -1.03. The summed E-state index contributed by atoms with van der Waals surface area (Å²) in [5, 5.41) is 22.7. The lowest BCUT2D eigenvalue weighted by Crippen LogP contribution is -2.41. The van der Waals surface area contributed by atoms with Crippen LogP contribution in [0.3, 0.4) is 0 Å². The molecular formula is C14H14N2O4S. The maximum absolute atomic E-state index is 12.1. The van der Waals surface area contributed by atoms with Gasteiger partial charge >= 0.3 is 12.0 Å². The number of carbonyl (C=O) groups is 2. The molecule has 0 saturated carbocycles. The highest BCUT2D eigenvalue weighted by atomic mass is 32.1. The zero-order valence-electron chi connectivity index (χ0n) is 11.2. The van der Waals surface area contributed by atoms with Gasteiger partial charge in [0.15, 0.2) is 6.04 Å². The van der Waals surface area contributed by atoms with Crippen molar-refractivity contribution in [3.8, 4) is 5.75 Å². The van der Waals surface area contributed by atoms with Gasteiger partial charge < -0.3 is 15.5 Å². The lowest BCUT2D eigenvalue weighted by Gasteiger charge is -2.21. The third-order valence-corrected chi connectivity index (χ3v) is 3.82. The fourth-order valence-corrected chi connectivity index (χ4v) is 2.49. The highest BCUT2D eigenvalue weighted by molar-refractivity contribution is 7.10. The second kappa shape index (κ2) is 6.27. The second-order valence-corrected chi connectivity index (χ2v) is 5.29. The van der Waals surface area contributed by atoms with Gasteiger partial charge in [0, 0.05) is 17.6 Å². The van der Waals surface area contributed by atoms with Crippen LogP contribution in [-0.4, -0.2) is 29.3 Å². The van der Waals surface area contributed by atoms with Crippen molar-refractivity contribution in [3.05, 3.63) is 46.7 Å². The van der Waals surface area contributed by atoms with Crippen LogP contribution in [0.4, 0.5) is 10.5 Å². The van der Waals surface area contributed by atoms with Crippen LogP contribution in [0.2, 0.25) is 0 Å². The predicted octanol–water partition coefficient (Wildman–Crippen LogP) is 2.43. The second-order valence-electron chi connectivity index (χ2n) is 4.31. The molecule has 7 heteroatoms. The normalized spacial score (nSPS) is 11.7. The van der Waals surface area contributed by atoms with Gasteiger partial charge in [-0.2, -0.15) is 0 Å². The predicted molar refractivity (Wildman–Crippen MR) is 79.7 cm³/mol. The molecule has 0 radical (unpaired) electrons. The van der Waals surface area contributed by atoms with Gasteiger partial charge in [-0.1, -0.05) is 6.07 Å². The number of phenols is 1. The lowest BCUT2D eigenvalue weighted by atomic mass is 10.2. The first-order valence-corrected chi connectivity index (χ1v) is 6.96. The molecule has 0 aliphatic heterocycles. The summed E-state index contributed by atoms with van der Waals surface area (Å²) < 4.78 is 0. The van der Waals surface area contributed by atoms with Crippen molar-refractivity contribution in [2.75, 3.05) is 11.9 Å². The van der Waals surface area contributed by atoms with Gasteiger partial charge in [0.2, 0.25) is 0 Å². The van der Waals surface area contributed by atoms with E-state index in [0.717, 1.165) is 0 Å². The minimum atomic E-state index is -1.12. The molecule has 6 nitrogen and oxygen atoms in total. The van der Waals surface area contributed by atoms with Crippen LogP contribution in [0.1, 0.15) is 10.9 Å². The topological polar surface area (TPSA) is 89.9 Å². The van der Waals surface area contributed by atoms with Crippen molar-refractivity contribution in [2.45, 2.75) is 6.04 Å². The molecule has 1 atom stereocenters. The molecule has 2 amide bonds. The largest absolute Gasteiger partial charge is 0.508 e. The number of anilines is 1. The fraction of sp³-hybridized carbons (Fsp3) is 0.143. The number of thiophene rings is 1. The molecule has 0 fully saturated rings. The summed E-state index contributed by atoms with van der Waals surface area (Å²) in [5.41, 5.74) is 0.542. The van der Waals surface area contributed by atoms with E-state index in [1.165, 1.54) is 35.4 Å². The van der Waals surface area contributed by atoms with Crippen LogP contribution in [0.25, 0.3) is 0 Å². The van der Waals surface area contributed by atoms with Gasteiger partial charge in [-0.25, -0.2) is 9.59 Å². The first kappa shape index (κ1) is 14.9. The summed E-state index contributed by atoms with van der Waals surface area (Å²) in [7, 11) is 1.52. The van der Waals surface area contributed by atoms with Crippen molar-refractivity contribution in [1.82, 2.24) is 5.32 Å². The van der Waals surface area contributed by atoms with Crippen LogP contribution >= 0.6 is 11.3 Å². The number of urea groups is 1. The summed E-state index contributed by atoms with van der Waals surface area (Å²) in [6.45, 7) is 0. The van der Waals surface area contributed by atoms with Crippen LogP contribution in [0.15, 0.2) is 41.8 Å². The third kappa shape index (κ3) is 3.51. The standard InChI is InChI=1S/C14H14N2O4S/c1-16(9-4-6-10(17)7-5-9)14(20)15-12(13(18)19)11-3-2-8-21-11/h2-8,12,17H,1H3,(H,15,20)(H,18,19). The number of hydrogen-bond acceptors (Lipinski definition) is 4. The van der Waals surface area contributed by atoms with Gasteiger partial charge in [-0.15, -0.1) is 11.3 Å². The monoisotopic (exact) mass is 306 g/mol. The number of phenolic OH excluding ortho intramolecular Hbond substituents is 1. The molecule has 0 bridgehead atoms. The Morgan fingerprint density at radius 2 is 1.90 bits per heavy atom. The van der Waals surface area contributed by atoms with E-state index >= 15 is 0 Å². The Morgan fingerprint density at radius 1 is 1.24 bits per heavy atom. The molecule has 110 valence electrons. The van der Waals surface area contributed by atoms with E-state index in [1.54, 1.807) is 29.6 Å². The van der Waals surface area contributed by atoms with Gasteiger partial charge in [0.1, 0.15) is 5.75 Å². The molecule has 0 spiro atoms. The fourth-order valence-electron chi connectivity index (χ4n) is 1.72. The maximum Gasteiger partial charge on any atom is 0.331 e. The highest BCUT2D eigenvalue weighted by Crippen LogP contribution is 2.21. The zero-order chi connectivity index (χ0) is 15.4. The number of benzene rings is 1. The first-order chi connectivity index (χ1) is 9.99. The Hall–Kier alpha value is -2.54. The maximum atomic E-state index is 12.1. The number of aromatic hydroxyl groups is 1. The number of carboxylic acid groups (broad SMARTS) is 1. The highest BCUT2D eigenvalue weighted by Gasteiger charge is 2.24. The number of rotatable bonds is 4.